The molecule has 0 aliphatic carbocycles. The lowest BCUT2D eigenvalue weighted by molar-refractivity contribution is 0.345. The van der Waals surface area contributed by atoms with E-state index in [1.165, 1.54) is 31.7 Å². The fraction of sp³-hybridized carbons (Fsp3) is 0.467. The van der Waals surface area contributed by atoms with Crippen LogP contribution in [0.1, 0.15) is 31.2 Å². The highest BCUT2D eigenvalue weighted by molar-refractivity contribution is 5.85. The number of rotatable bonds is 2. The van der Waals surface area contributed by atoms with Gasteiger partial charge in [0, 0.05) is 17.6 Å². The average Bonchev–Trinajstić information content (AvgIpc) is 2.68. The molecule has 1 aromatic carbocycles. The standard InChI is InChI=1S/C15H18FN.ClH/c16-15-4-2-1-3-12(15)6-5-11-9-13-7-8-14(10-11)17-13;/h1-6,11,13-14,17H,7-10H2;1H. The summed E-state index contributed by atoms with van der Waals surface area (Å²) in [6.45, 7) is 0. The zero-order valence-electron chi connectivity index (χ0n) is 10.3. The highest BCUT2D eigenvalue weighted by atomic mass is 35.5. The van der Waals surface area contributed by atoms with Crippen molar-refractivity contribution in [2.45, 2.75) is 37.8 Å². The van der Waals surface area contributed by atoms with Gasteiger partial charge in [-0.05, 0) is 37.7 Å². The van der Waals surface area contributed by atoms with Crippen molar-refractivity contribution in [3.8, 4) is 0 Å². The minimum absolute atomic E-state index is 0. The van der Waals surface area contributed by atoms with Crippen LogP contribution in [-0.4, -0.2) is 12.1 Å². The Morgan fingerprint density at radius 1 is 1.11 bits per heavy atom. The highest BCUT2D eigenvalue weighted by Gasteiger charge is 2.32. The van der Waals surface area contributed by atoms with E-state index < -0.39 is 0 Å². The van der Waals surface area contributed by atoms with E-state index in [0.717, 1.165) is 0 Å². The molecule has 3 heteroatoms. The molecule has 2 saturated heterocycles. The molecule has 1 N–H and O–H groups in total. The number of piperidine rings is 1. The second kappa shape index (κ2) is 5.85. The maximum Gasteiger partial charge on any atom is 0.130 e. The average molecular weight is 268 g/mol. The molecule has 2 aliphatic rings. The Kier molecular flexibility index (Phi) is 4.41. The molecule has 2 heterocycles. The van der Waals surface area contributed by atoms with Crippen LogP contribution in [0.25, 0.3) is 6.08 Å². The van der Waals surface area contributed by atoms with E-state index in [-0.39, 0.29) is 18.2 Å². The summed E-state index contributed by atoms with van der Waals surface area (Å²) in [5, 5.41) is 3.62. The summed E-state index contributed by atoms with van der Waals surface area (Å²) in [5.74, 6) is 0.494. The molecule has 0 amide bonds. The summed E-state index contributed by atoms with van der Waals surface area (Å²) in [5.41, 5.74) is 0.707. The van der Waals surface area contributed by atoms with E-state index in [9.17, 15) is 4.39 Å². The third-order valence-electron chi connectivity index (χ3n) is 3.96. The van der Waals surface area contributed by atoms with Crippen LogP contribution in [0.4, 0.5) is 4.39 Å². The van der Waals surface area contributed by atoms with Gasteiger partial charge in [-0.25, -0.2) is 4.39 Å². The van der Waals surface area contributed by atoms with Gasteiger partial charge in [0.05, 0.1) is 0 Å². The van der Waals surface area contributed by atoms with Gasteiger partial charge in [0.25, 0.3) is 0 Å². The third-order valence-corrected chi connectivity index (χ3v) is 3.96. The van der Waals surface area contributed by atoms with Crippen LogP contribution in [0.3, 0.4) is 0 Å². The van der Waals surface area contributed by atoms with E-state index in [4.69, 9.17) is 0 Å². The molecular weight excluding hydrogens is 249 g/mol. The monoisotopic (exact) mass is 267 g/mol. The summed E-state index contributed by atoms with van der Waals surface area (Å²) in [4.78, 5) is 0. The Hall–Kier alpha value is -0.860. The van der Waals surface area contributed by atoms with Crippen molar-refractivity contribution in [1.29, 1.82) is 0 Å². The molecule has 1 nitrogen and oxygen atoms in total. The number of hydrogen-bond donors (Lipinski definition) is 1. The van der Waals surface area contributed by atoms with Crippen molar-refractivity contribution >= 4 is 18.5 Å². The van der Waals surface area contributed by atoms with E-state index >= 15 is 0 Å². The Morgan fingerprint density at radius 3 is 2.44 bits per heavy atom. The van der Waals surface area contributed by atoms with Crippen molar-refractivity contribution in [2.24, 2.45) is 5.92 Å². The summed E-state index contributed by atoms with van der Waals surface area (Å²) >= 11 is 0. The van der Waals surface area contributed by atoms with Crippen molar-refractivity contribution in [3.05, 3.63) is 41.7 Å². The largest absolute Gasteiger partial charge is 0.311 e. The van der Waals surface area contributed by atoms with Gasteiger partial charge in [0.15, 0.2) is 0 Å². The van der Waals surface area contributed by atoms with E-state index in [1.54, 1.807) is 6.07 Å². The Morgan fingerprint density at radius 2 is 1.78 bits per heavy atom. The van der Waals surface area contributed by atoms with Crippen molar-refractivity contribution in [2.75, 3.05) is 0 Å². The second-order valence-corrected chi connectivity index (χ2v) is 5.25. The SMILES string of the molecule is Cl.Fc1ccccc1C=CC1CC2CCC(C1)N2. The topological polar surface area (TPSA) is 12.0 Å². The second-order valence-electron chi connectivity index (χ2n) is 5.25. The predicted octanol–water partition coefficient (Wildman–Crippen LogP) is 3.79. The summed E-state index contributed by atoms with van der Waals surface area (Å²) < 4.78 is 13.4. The van der Waals surface area contributed by atoms with Gasteiger partial charge in [0.2, 0.25) is 0 Å². The first-order chi connectivity index (χ1) is 8.31. The lowest BCUT2D eigenvalue weighted by atomic mass is 9.91. The van der Waals surface area contributed by atoms with Crippen LogP contribution >= 0.6 is 12.4 Å². The number of allylic oxidation sites excluding steroid dienone is 1. The highest BCUT2D eigenvalue weighted by Crippen LogP contribution is 2.31. The number of fused-ring (bicyclic) bond motifs is 2. The summed E-state index contributed by atoms with van der Waals surface area (Å²) in [7, 11) is 0. The van der Waals surface area contributed by atoms with Gasteiger partial charge in [-0.15, -0.1) is 12.4 Å². The zero-order chi connectivity index (χ0) is 11.7. The number of benzene rings is 1. The number of halogens is 2. The Labute approximate surface area is 114 Å². The summed E-state index contributed by atoms with van der Waals surface area (Å²) in [6, 6.07) is 8.37. The number of hydrogen-bond acceptors (Lipinski definition) is 1. The van der Waals surface area contributed by atoms with Gasteiger partial charge in [-0.1, -0.05) is 30.4 Å². The lowest BCUT2D eigenvalue weighted by Gasteiger charge is -2.26. The van der Waals surface area contributed by atoms with Gasteiger partial charge >= 0.3 is 0 Å². The van der Waals surface area contributed by atoms with Crippen LogP contribution in [0, 0.1) is 11.7 Å². The van der Waals surface area contributed by atoms with Crippen LogP contribution in [-0.2, 0) is 0 Å². The maximum atomic E-state index is 13.4. The smallest absolute Gasteiger partial charge is 0.130 e. The minimum Gasteiger partial charge on any atom is -0.311 e. The molecule has 1 aromatic rings. The lowest BCUT2D eigenvalue weighted by Crippen LogP contribution is -2.37. The van der Waals surface area contributed by atoms with Crippen LogP contribution < -0.4 is 5.32 Å². The van der Waals surface area contributed by atoms with Gasteiger partial charge < -0.3 is 5.32 Å². The molecule has 2 aliphatic heterocycles. The Bertz CT molecular complexity index is 420. The van der Waals surface area contributed by atoms with Crippen molar-refractivity contribution < 1.29 is 4.39 Å². The predicted molar refractivity (Wildman–Crippen MR) is 75.4 cm³/mol. The van der Waals surface area contributed by atoms with Crippen LogP contribution in [0.15, 0.2) is 30.3 Å². The number of nitrogens with one attached hydrogen (secondary N) is 1. The molecule has 0 radical (unpaired) electrons. The maximum absolute atomic E-state index is 13.4. The molecule has 2 unspecified atom stereocenters. The van der Waals surface area contributed by atoms with E-state index in [2.05, 4.69) is 11.4 Å². The quantitative estimate of drug-likeness (QED) is 0.860. The van der Waals surface area contributed by atoms with E-state index in [1.807, 2.05) is 18.2 Å². The molecule has 18 heavy (non-hydrogen) atoms. The van der Waals surface area contributed by atoms with Gasteiger partial charge in [0.1, 0.15) is 5.82 Å². The fourth-order valence-electron chi connectivity index (χ4n) is 3.11. The van der Waals surface area contributed by atoms with E-state index in [0.29, 0.717) is 23.6 Å². The normalized spacial score (nSPS) is 30.4. The molecule has 2 atom stereocenters. The first-order valence-corrected chi connectivity index (χ1v) is 6.50. The molecule has 2 fully saturated rings. The molecule has 98 valence electrons. The molecule has 2 bridgehead atoms. The summed E-state index contributed by atoms with van der Waals surface area (Å²) in [6.07, 6.45) is 9.20. The van der Waals surface area contributed by atoms with Crippen molar-refractivity contribution in [3.63, 3.8) is 0 Å². The molecule has 0 aromatic heterocycles. The molecule has 0 spiro atoms. The van der Waals surface area contributed by atoms with Crippen molar-refractivity contribution in [1.82, 2.24) is 5.32 Å². The first-order valence-electron chi connectivity index (χ1n) is 6.50. The van der Waals surface area contributed by atoms with Gasteiger partial charge in [-0.3, -0.25) is 0 Å². The first kappa shape index (κ1) is 13.6. The fourth-order valence-corrected chi connectivity index (χ4v) is 3.11. The third kappa shape index (κ3) is 2.93. The minimum atomic E-state index is -0.124. The molecule has 0 saturated carbocycles. The zero-order valence-corrected chi connectivity index (χ0v) is 11.1. The van der Waals surface area contributed by atoms with Crippen LogP contribution in [0.5, 0.6) is 0 Å². The molecular formula is C15H19ClFN. The van der Waals surface area contributed by atoms with Crippen LogP contribution in [0.2, 0.25) is 0 Å². The van der Waals surface area contributed by atoms with Gasteiger partial charge in [-0.2, -0.15) is 0 Å². The Balaban J connectivity index is 0.00000120. The molecule has 3 rings (SSSR count).